The van der Waals surface area contributed by atoms with Crippen LogP contribution in [0.1, 0.15) is 39.0 Å². The molecular formula is C11H21NO. The second kappa shape index (κ2) is 3.58. The van der Waals surface area contributed by atoms with E-state index in [0.717, 1.165) is 0 Å². The zero-order chi connectivity index (χ0) is 9.31. The van der Waals surface area contributed by atoms with Gasteiger partial charge in [0.1, 0.15) is 0 Å². The molecule has 2 fully saturated rings. The molecule has 2 atom stereocenters. The van der Waals surface area contributed by atoms with Crippen LogP contribution in [0.15, 0.2) is 0 Å². The van der Waals surface area contributed by atoms with Crippen molar-refractivity contribution in [2.24, 2.45) is 5.41 Å². The Hall–Kier alpha value is -0.0800. The summed E-state index contributed by atoms with van der Waals surface area (Å²) in [5.41, 5.74) is 0.193. The van der Waals surface area contributed by atoms with Gasteiger partial charge in [0.05, 0.1) is 0 Å². The molecule has 0 aliphatic carbocycles. The Kier molecular flexibility index (Phi) is 2.61. The Morgan fingerprint density at radius 2 is 2.08 bits per heavy atom. The minimum absolute atomic E-state index is 0.193. The molecule has 2 rings (SSSR count). The fraction of sp³-hybridized carbons (Fsp3) is 1.00. The van der Waals surface area contributed by atoms with Crippen molar-refractivity contribution in [3.63, 3.8) is 0 Å². The largest absolute Gasteiger partial charge is 0.396 e. The first-order chi connectivity index (χ1) is 6.26. The molecule has 2 saturated heterocycles. The molecule has 0 aromatic heterocycles. The molecule has 0 aromatic carbocycles. The quantitative estimate of drug-likeness (QED) is 0.668. The van der Waals surface area contributed by atoms with Gasteiger partial charge >= 0.3 is 0 Å². The lowest BCUT2D eigenvalue weighted by atomic mass is 9.72. The zero-order valence-corrected chi connectivity index (χ0v) is 8.63. The highest BCUT2D eigenvalue weighted by atomic mass is 16.3. The van der Waals surface area contributed by atoms with E-state index in [1.165, 1.54) is 45.2 Å². The molecule has 2 nitrogen and oxygen atoms in total. The maximum absolute atomic E-state index is 9.46. The summed E-state index contributed by atoms with van der Waals surface area (Å²) in [7, 11) is 0. The van der Waals surface area contributed by atoms with Gasteiger partial charge in [0, 0.05) is 18.1 Å². The first kappa shape index (κ1) is 9.47. The molecule has 0 bridgehead atoms. The lowest BCUT2D eigenvalue weighted by Gasteiger charge is -2.50. The number of aliphatic hydroxyl groups excluding tert-OH is 1. The van der Waals surface area contributed by atoms with Crippen molar-refractivity contribution in [2.75, 3.05) is 19.7 Å². The van der Waals surface area contributed by atoms with Crippen LogP contribution in [0.5, 0.6) is 0 Å². The van der Waals surface area contributed by atoms with Crippen molar-refractivity contribution in [1.82, 2.24) is 4.90 Å². The van der Waals surface area contributed by atoms with Crippen molar-refractivity contribution in [1.29, 1.82) is 0 Å². The predicted octanol–water partition coefficient (Wildman–Crippen LogP) is 1.63. The summed E-state index contributed by atoms with van der Waals surface area (Å²) in [4.78, 5) is 2.60. The van der Waals surface area contributed by atoms with E-state index in [1.54, 1.807) is 0 Å². The van der Waals surface area contributed by atoms with Crippen LogP contribution in [0.4, 0.5) is 0 Å². The topological polar surface area (TPSA) is 23.5 Å². The van der Waals surface area contributed by atoms with E-state index in [0.29, 0.717) is 12.6 Å². The van der Waals surface area contributed by atoms with Crippen LogP contribution >= 0.6 is 0 Å². The van der Waals surface area contributed by atoms with E-state index in [9.17, 15) is 5.11 Å². The summed E-state index contributed by atoms with van der Waals surface area (Å²) in [6.07, 6.45) is 6.50. The monoisotopic (exact) mass is 183 g/mol. The Morgan fingerprint density at radius 3 is 2.85 bits per heavy atom. The molecule has 2 aliphatic heterocycles. The van der Waals surface area contributed by atoms with E-state index in [-0.39, 0.29) is 5.41 Å². The first-order valence-electron chi connectivity index (χ1n) is 5.61. The van der Waals surface area contributed by atoms with Gasteiger partial charge in [-0.15, -0.1) is 0 Å². The van der Waals surface area contributed by atoms with Crippen LogP contribution in [0.3, 0.4) is 0 Å². The van der Waals surface area contributed by atoms with Gasteiger partial charge < -0.3 is 5.11 Å². The molecule has 0 saturated carbocycles. The standard InChI is InChI=1S/C11H21NO/c1-11(9-13)6-4-8-12-7-3-2-5-10(11)12/h10,13H,2-9H2,1H3/t10-,11-/m0/s1. The van der Waals surface area contributed by atoms with Crippen LogP contribution in [-0.4, -0.2) is 35.7 Å². The minimum atomic E-state index is 0.193. The number of hydrogen-bond donors (Lipinski definition) is 1. The molecule has 1 N–H and O–H groups in total. The van der Waals surface area contributed by atoms with Crippen LogP contribution < -0.4 is 0 Å². The van der Waals surface area contributed by atoms with Crippen molar-refractivity contribution >= 4 is 0 Å². The summed E-state index contributed by atoms with van der Waals surface area (Å²) < 4.78 is 0. The number of aliphatic hydroxyl groups is 1. The highest BCUT2D eigenvalue weighted by Crippen LogP contribution is 2.39. The summed E-state index contributed by atoms with van der Waals surface area (Å²) in [5, 5.41) is 9.46. The fourth-order valence-electron chi connectivity index (χ4n) is 3.08. The lowest BCUT2D eigenvalue weighted by Crippen LogP contribution is -2.54. The SMILES string of the molecule is C[C@@]1(CO)CCCN2CCCC[C@H]21. The highest BCUT2D eigenvalue weighted by Gasteiger charge is 2.41. The molecule has 0 aromatic rings. The van der Waals surface area contributed by atoms with Crippen LogP contribution in [-0.2, 0) is 0 Å². The molecule has 76 valence electrons. The van der Waals surface area contributed by atoms with E-state index in [1.807, 2.05) is 0 Å². The Bertz CT molecular complexity index is 181. The summed E-state index contributed by atoms with van der Waals surface area (Å²) in [6, 6.07) is 0.667. The average molecular weight is 183 g/mol. The minimum Gasteiger partial charge on any atom is -0.396 e. The Balaban J connectivity index is 2.11. The van der Waals surface area contributed by atoms with Crippen LogP contribution in [0.2, 0.25) is 0 Å². The van der Waals surface area contributed by atoms with Gasteiger partial charge in [-0.3, -0.25) is 4.90 Å². The highest BCUT2D eigenvalue weighted by molar-refractivity contribution is 4.94. The fourth-order valence-corrected chi connectivity index (χ4v) is 3.08. The molecule has 13 heavy (non-hydrogen) atoms. The van der Waals surface area contributed by atoms with Crippen molar-refractivity contribution < 1.29 is 5.11 Å². The molecule has 2 heteroatoms. The number of fused-ring (bicyclic) bond motifs is 1. The second-order valence-electron chi connectivity index (χ2n) is 4.96. The summed E-state index contributed by atoms with van der Waals surface area (Å²) >= 11 is 0. The van der Waals surface area contributed by atoms with E-state index in [2.05, 4.69) is 11.8 Å². The third kappa shape index (κ3) is 1.62. The van der Waals surface area contributed by atoms with Crippen LogP contribution in [0, 0.1) is 5.41 Å². The van der Waals surface area contributed by atoms with E-state index < -0.39 is 0 Å². The van der Waals surface area contributed by atoms with Crippen molar-refractivity contribution in [2.45, 2.75) is 45.1 Å². The van der Waals surface area contributed by atoms with Gasteiger partial charge in [-0.25, -0.2) is 0 Å². The summed E-state index contributed by atoms with van der Waals surface area (Å²) in [5.74, 6) is 0. The maximum atomic E-state index is 9.46. The molecular weight excluding hydrogens is 162 g/mol. The second-order valence-corrected chi connectivity index (χ2v) is 4.96. The number of hydrogen-bond acceptors (Lipinski definition) is 2. The zero-order valence-electron chi connectivity index (χ0n) is 8.63. The predicted molar refractivity (Wildman–Crippen MR) is 53.6 cm³/mol. The van der Waals surface area contributed by atoms with Gasteiger partial charge in [0.25, 0.3) is 0 Å². The molecule has 0 unspecified atom stereocenters. The van der Waals surface area contributed by atoms with Crippen molar-refractivity contribution in [3.05, 3.63) is 0 Å². The maximum Gasteiger partial charge on any atom is 0.0499 e. The third-order valence-corrected chi connectivity index (χ3v) is 3.97. The van der Waals surface area contributed by atoms with Gasteiger partial charge in [0.15, 0.2) is 0 Å². The van der Waals surface area contributed by atoms with E-state index in [4.69, 9.17) is 0 Å². The average Bonchev–Trinajstić information content (AvgIpc) is 2.19. The lowest BCUT2D eigenvalue weighted by molar-refractivity contribution is -0.0326. The van der Waals surface area contributed by atoms with E-state index >= 15 is 0 Å². The smallest absolute Gasteiger partial charge is 0.0499 e. The number of piperidine rings is 2. The van der Waals surface area contributed by atoms with Crippen molar-refractivity contribution in [3.8, 4) is 0 Å². The third-order valence-electron chi connectivity index (χ3n) is 3.97. The Labute approximate surface area is 80.9 Å². The number of rotatable bonds is 1. The number of nitrogens with zero attached hydrogens (tertiary/aromatic N) is 1. The van der Waals surface area contributed by atoms with Crippen LogP contribution in [0.25, 0.3) is 0 Å². The van der Waals surface area contributed by atoms with Gasteiger partial charge in [-0.2, -0.15) is 0 Å². The summed E-state index contributed by atoms with van der Waals surface area (Å²) in [6.45, 7) is 5.16. The molecule has 2 heterocycles. The van der Waals surface area contributed by atoms with Gasteiger partial charge in [0.2, 0.25) is 0 Å². The van der Waals surface area contributed by atoms with Gasteiger partial charge in [-0.05, 0) is 38.8 Å². The first-order valence-corrected chi connectivity index (χ1v) is 5.61. The molecule has 0 spiro atoms. The van der Waals surface area contributed by atoms with Gasteiger partial charge in [-0.1, -0.05) is 13.3 Å². The molecule has 0 radical (unpaired) electrons. The normalized spacial score (nSPS) is 41.5. The Morgan fingerprint density at radius 1 is 1.31 bits per heavy atom. The molecule has 2 aliphatic rings. The molecule has 0 amide bonds.